The van der Waals surface area contributed by atoms with Crippen LogP contribution in [0.5, 0.6) is 17.2 Å². The quantitative estimate of drug-likeness (QED) is 0.343. The molecule has 1 aliphatic rings. The maximum absolute atomic E-state index is 12.4. The van der Waals surface area contributed by atoms with E-state index >= 15 is 0 Å². The second-order valence-corrected chi connectivity index (χ2v) is 9.07. The molecule has 1 atom stereocenters. The number of aromatic nitrogens is 1. The molecule has 4 N–H and O–H groups in total. The Morgan fingerprint density at radius 2 is 1.72 bits per heavy atom. The molecule has 1 amide bonds. The molecule has 0 unspecified atom stereocenters. The number of nitrogens with one attached hydrogen (secondary N) is 1. The summed E-state index contributed by atoms with van der Waals surface area (Å²) in [5, 5.41) is 11.7. The van der Waals surface area contributed by atoms with Crippen LogP contribution in [0.1, 0.15) is 38.5 Å². The summed E-state index contributed by atoms with van der Waals surface area (Å²) in [6, 6.07) is 13.7. The summed E-state index contributed by atoms with van der Waals surface area (Å²) < 4.78 is 16.9. The van der Waals surface area contributed by atoms with Crippen LogP contribution in [0.2, 0.25) is 0 Å². The van der Waals surface area contributed by atoms with Gasteiger partial charge in [-0.15, -0.1) is 0 Å². The number of aromatic amines is 1. The molecule has 7 heteroatoms. The number of carbonyl (C=O) groups is 1. The van der Waals surface area contributed by atoms with Crippen LogP contribution in [0.15, 0.2) is 48.7 Å². The predicted octanol–water partition coefficient (Wildman–Crippen LogP) is 4.38. The number of fused-ring (bicyclic) bond motifs is 4. The molecule has 0 saturated heterocycles. The van der Waals surface area contributed by atoms with E-state index in [2.05, 4.69) is 11.1 Å². The highest BCUT2D eigenvalue weighted by Crippen LogP contribution is 2.49. The molecule has 186 valence electrons. The first kappa shape index (κ1) is 23.8. The number of rotatable bonds is 8. The second-order valence-electron chi connectivity index (χ2n) is 9.07. The number of aliphatic hydroxyl groups is 1. The molecule has 1 heterocycles. The zero-order chi connectivity index (χ0) is 25.4. The lowest BCUT2D eigenvalue weighted by Gasteiger charge is -2.29. The average Bonchev–Trinajstić information content (AvgIpc) is 3.32. The van der Waals surface area contributed by atoms with Crippen molar-refractivity contribution in [2.75, 3.05) is 27.9 Å². The van der Waals surface area contributed by atoms with E-state index in [0.717, 1.165) is 57.1 Å². The summed E-state index contributed by atoms with van der Waals surface area (Å²) in [5.41, 5.74) is 13.2. The Balaban J connectivity index is 1.69. The van der Waals surface area contributed by atoms with E-state index in [1.165, 1.54) is 0 Å². The second kappa shape index (κ2) is 9.59. The van der Waals surface area contributed by atoms with Crippen molar-refractivity contribution in [1.82, 2.24) is 4.98 Å². The molecule has 0 aliphatic heterocycles. The normalized spacial score (nSPS) is 13.1. The number of para-hydroxylation sites is 1. The Morgan fingerprint density at radius 3 is 2.42 bits per heavy atom. The fourth-order valence-corrected chi connectivity index (χ4v) is 5.51. The minimum Gasteiger partial charge on any atom is -0.493 e. The van der Waals surface area contributed by atoms with Gasteiger partial charge in [-0.2, -0.15) is 0 Å². The first-order valence-corrected chi connectivity index (χ1v) is 11.9. The fraction of sp³-hybridized carbons (Fsp3) is 0.276. The van der Waals surface area contributed by atoms with Crippen LogP contribution >= 0.6 is 0 Å². The monoisotopic (exact) mass is 486 g/mol. The van der Waals surface area contributed by atoms with E-state index in [4.69, 9.17) is 19.9 Å². The number of primary amides is 1. The largest absolute Gasteiger partial charge is 0.493 e. The van der Waals surface area contributed by atoms with E-state index in [0.29, 0.717) is 29.2 Å². The van der Waals surface area contributed by atoms with E-state index in [-0.39, 0.29) is 12.5 Å². The number of hydrogen-bond acceptors (Lipinski definition) is 5. The summed E-state index contributed by atoms with van der Waals surface area (Å²) in [6.07, 6.45) is 4.07. The van der Waals surface area contributed by atoms with Gasteiger partial charge in [0.15, 0.2) is 11.5 Å². The molecule has 0 spiro atoms. The molecule has 3 aromatic carbocycles. The summed E-state index contributed by atoms with van der Waals surface area (Å²) in [6.45, 7) is -0.0593. The van der Waals surface area contributed by atoms with Crippen LogP contribution in [0.3, 0.4) is 0 Å². The number of nitrogens with two attached hydrogens (primary N) is 1. The first-order chi connectivity index (χ1) is 17.5. The molecule has 0 radical (unpaired) electrons. The Morgan fingerprint density at radius 1 is 1.00 bits per heavy atom. The smallest absolute Gasteiger partial charge is 0.248 e. The van der Waals surface area contributed by atoms with Crippen LogP contribution in [0.25, 0.3) is 22.0 Å². The lowest BCUT2D eigenvalue weighted by atomic mass is 9.77. The van der Waals surface area contributed by atoms with Crippen molar-refractivity contribution in [3.8, 4) is 28.4 Å². The van der Waals surface area contributed by atoms with Crippen LogP contribution in [0, 0.1) is 0 Å². The van der Waals surface area contributed by atoms with Crippen molar-refractivity contribution < 1.29 is 24.1 Å². The van der Waals surface area contributed by atoms with Gasteiger partial charge in [-0.25, -0.2) is 0 Å². The van der Waals surface area contributed by atoms with Crippen LogP contribution < -0.4 is 19.9 Å². The zero-order valence-corrected chi connectivity index (χ0v) is 20.7. The summed E-state index contributed by atoms with van der Waals surface area (Å²) >= 11 is 0. The van der Waals surface area contributed by atoms with Crippen molar-refractivity contribution in [3.05, 3.63) is 76.5 Å². The molecule has 4 aromatic rings. The van der Waals surface area contributed by atoms with Gasteiger partial charge in [-0.1, -0.05) is 18.2 Å². The van der Waals surface area contributed by atoms with Gasteiger partial charge in [0.1, 0.15) is 0 Å². The van der Waals surface area contributed by atoms with E-state index < -0.39 is 5.91 Å². The Hall–Kier alpha value is -3.97. The molecule has 1 aliphatic carbocycles. The van der Waals surface area contributed by atoms with E-state index in [1.807, 2.05) is 42.6 Å². The minimum atomic E-state index is -0.512. The van der Waals surface area contributed by atoms with E-state index in [1.54, 1.807) is 21.3 Å². The Kier molecular flexibility index (Phi) is 6.33. The molecule has 7 nitrogen and oxygen atoms in total. The summed E-state index contributed by atoms with van der Waals surface area (Å²) in [5.74, 6) is 0.995. The number of carbonyl (C=O) groups excluding carboxylic acids is 1. The van der Waals surface area contributed by atoms with Gasteiger partial charge in [-0.05, 0) is 71.3 Å². The van der Waals surface area contributed by atoms with Crippen LogP contribution in [-0.2, 0) is 19.3 Å². The van der Waals surface area contributed by atoms with Gasteiger partial charge < -0.3 is 30.0 Å². The highest BCUT2D eigenvalue weighted by atomic mass is 16.5. The maximum Gasteiger partial charge on any atom is 0.248 e. The predicted molar refractivity (Wildman–Crippen MR) is 139 cm³/mol. The van der Waals surface area contributed by atoms with Crippen molar-refractivity contribution in [2.45, 2.75) is 25.2 Å². The maximum atomic E-state index is 12.4. The molecule has 0 saturated carbocycles. The number of hydrogen-bond donors (Lipinski definition) is 3. The van der Waals surface area contributed by atoms with Gasteiger partial charge in [-0.3, -0.25) is 4.79 Å². The summed E-state index contributed by atoms with van der Waals surface area (Å²) in [4.78, 5) is 15.7. The van der Waals surface area contributed by atoms with Gasteiger partial charge in [0, 0.05) is 34.1 Å². The Bertz CT molecular complexity index is 1460. The van der Waals surface area contributed by atoms with Crippen LogP contribution in [0.4, 0.5) is 0 Å². The third-order valence-electron chi connectivity index (χ3n) is 7.22. The molecule has 0 fully saturated rings. The summed E-state index contributed by atoms with van der Waals surface area (Å²) in [7, 11) is 4.78. The molecular formula is C29H30N2O5. The number of benzene rings is 3. The molecule has 0 bridgehead atoms. The van der Waals surface area contributed by atoms with Crippen LogP contribution in [-0.4, -0.2) is 43.9 Å². The number of H-pyrrole nitrogens is 1. The molecule has 1 aromatic heterocycles. The minimum absolute atomic E-state index is 0.0593. The van der Waals surface area contributed by atoms with Crippen molar-refractivity contribution in [3.63, 3.8) is 0 Å². The number of amides is 1. The van der Waals surface area contributed by atoms with Gasteiger partial charge in [0.2, 0.25) is 11.7 Å². The average molecular weight is 487 g/mol. The lowest BCUT2D eigenvalue weighted by Crippen LogP contribution is -2.19. The third-order valence-corrected chi connectivity index (χ3v) is 7.22. The first-order valence-electron chi connectivity index (χ1n) is 11.9. The molecule has 36 heavy (non-hydrogen) atoms. The zero-order valence-electron chi connectivity index (χ0n) is 20.7. The standard InChI is InChI=1S/C29H30N2O5/c1-34-26-13-24-21(27(35-2)28(26)36-3)9-8-20-22(11-16(29(30)33)12-23(20)24)18(15-32)10-17-14-31-25-7-5-4-6-19(17)25/h4-7,11-14,18,31-32H,8-10,15H2,1-3H3,(H2,30,33)/t18-/m0/s1. The van der Waals surface area contributed by atoms with E-state index in [9.17, 15) is 9.90 Å². The SMILES string of the molecule is COc1cc2c(c(OC)c1OC)CCc1c-2cc(C(N)=O)cc1[C@H](CO)Cc1c[nH]c2ccccc12. The topological polar surface area (TPSA) is 107 Å². The number of ether oxygens (including phenoxy) is 3. The lowest BCUT2D eigenvalue weighted by molar-refractivity contribution is 0.1000. The third kappa shape index (κ3) is 3.85. The van der Waals surface area contributed by atoms with Crippen molar-refractivity contribution in [1.29, 1.82) is 0 Å². The van der Waals surface area contributed by atoms with Gasteiger partial charge in [0.05, 0.1) is 27.9 Å². The highest BCUT2D eigenvalue weighted by molar-refractivity contribution is 5.96. The molecule has 5 rings (SSSR count). The highest BCUT2D eigenvalue weighted by Gasteiger charge is 2.30. The van der Waals surface area contributed by atoms with Gasteiger partial charge >= 0.3 is 0 Å². The number of aliphatic hydroxyl groups excluding tert-OH is 1. The fourth-order valence-electron chi connectivity index (χ4n) is 5.51. The van der Waals surface area contributed by atoms with Crippen molar-refractivity contribution >= 4 is 16.8 Å². The number of methoxy groups -OCH3 is 3. The van der Waals surface area contributed by atoms with Crippen molar-refractivity contribution in [2.24, 2.45) is 5.73 Å². The Labute approximate surface area is 209 Å². The molecular weight excluding hydrogens is 456 g/mol. The van der Waals surface area contributed by atoms with Gasteiger partial charge in [0.25, 0.3) is 0 Å².